The lowest BCUT2D eigenvalue weighted by Gasteiger charge is -2.24. The van der Waals surface area contributed by atoms with Crippen LogP contribution in [-0.2, 0) is 4.84 Å². The molecule has 1 aromatic carbocycles. The second-order valence-electron chi connectivity index (χ2n) is 7.25. The first kappa shape index (κ1) is 23.8. The van der Waals surface area contributed by atoms with Crippen LogP contribution in [0.3, 0.4) is 0 Å². The van der Waals surface area contributed by atoms with E-state index in [1.807, 2.05) is 0 Å². The summed E-state index contributed by atoms with van der Waals surface area (Å²) in [6.07, 6.45) is -2.38. The van der Waals surface area contributed by atoms with E-state index in [1.165, 1.54) is 7.11 Å². The lowest BCUT2D eigenvalue weighted by molar-refractivity contribution is -0.189. The van der Waals surface area contributed by atoms with Gasteiger partial charge in [0.2, 0.25) is 5.82 Å². The molecule has 2 aromatic rings. The largest absolute Gasteiger partial charge is 0.477 e. The Balaban J connectivity index is 1.91. The zero-order valence-corrected chi connectivity index (χ0v) is 18.2. The Hall–Kier alpha value is -2.88. The number of oxime groups is 1. The van der Waals surface area contributed by atoms with E-state index < -0.39 is 18.2 Å². The standard InChI is InChI=1S/C21H22ClF3N4O3/c1-12(21(23,24)25)32-17-11-26-19(28-18(17)13-7-9-14(22)10-8-13)20(30)27-15-5-3-4-6-16(15)29-31-2/h7-12,15H,3-6H2,1-2H3,(H,27,30)/b29-16+/t12-,15-/m0/s1. The molecule has 1 N–H and O–H groups in total. The Morgan fingerprint density at radius 2 is 2.00 bits per heavy atom. The van der Waals surface area contributed by atoms with Crippen molar-refractivity contribution < 1.29 is 27.5 Å². The zero-order chi connectivity index (χ0) is 23.3. The van der Waals surface area contributed by atoms with Crippen molar-refractivity contribution in [1.29, 1.82) is 0 Å². The van der Waals surface area contributed by atoms with Gasteiger partial charge < -0.3 is 14.9 Å². The SMILES string of the molecule is CO/N=C1\CCCC[C@@H]1NC(=O)c1ncc(O[C@@H](C)C(F)(F)F)c(-c2ccc(Cl)cc2)n1. The molecule has 3 rings (SSSR count). The molecule has 1 aliphatic rings. The van der Waals surface area contributed by atoms with Crippen molar-refractivity contribution >= 4 is 23.2 Å². The van der Waals surface area contributed by atoms with Crippen LogP contribution in [-0.4, -0.2) is 47.0 Å². The van der Waals surface area contributed by atoms with Crippen molar-refractivity contribution in [2.24, 2.45) is 5.16 Å². The summed E-state index contributed by atoms with van der Waals surface area (Å²) in [5, 5.41) is 7.24. The molecular formula is C21H22ClF3N4O3. The molecule has 0 bridgehead atoms. The molecule has 11 heteroatoms. The van der Waals surface area contributed by atoms with Gasteiger partial charge in [-0.1, -0.05) is 35.3 Å². The fraction of sp³-hybridized carbons (Fsp3) is 0.429. The van der Waals surface area contributed by atoms with E-state index in [0.717, 1.165) is 26.0 Å². The predicted molar refractivity (Wildman–Crippen MR) is 113 cm³/mol. The van der Waals surface area contributed by atoms with Crippen LogP contribution in [0.25, 0.3) is 11.3 Å². The summed E-state index contributed by atoms with van der Waals surface area (Å²) < 4.78 is 44.1. The van der Waals surface area contributed by atoms with Crippen LogP contribution in [0.5, 0.6) is 5.75 Å². The Morgan fingerprint density at radius 1 is 1.28 bits per heavy atom. The fourth-order valence-electron chi connectivity index (χ4n) is 3.24. The van der Waals surface area contributed by atoms with Crippen molar-refractivity contribution in [3.8, 4) is 17.0 Å². The van der Waals surface area contributed by atoms with E-state index in [-0.39, 0.29) is 23.3 Å². The number of rotatable bonds is 6. The lowest BCUT2D eigenvalue weighted by atomic mass is 9.93. The maximum absolute atomic E-state index is 13.0. The number of nitrogens with zero attached hydrogens (tertiary/aromatic N) is 3. The quantitative estimate of drug-likeness (QED) is 0.613. The minimum Gasteiger partial charge on any atom is -0.477 e. The number of halogens is 4. The molecule has 0 unspecified atom stereocenters. The van der Waals surface area contributed by atoms with Crippen molar-refractivity contribution in [2.45, 2.75) is 50.9 Å². The zero-order valence-electron chi connectivity index (χ0n) is 17.4. The molecule has 1 aliphatic carbocycles. The Bertz CT molecular complexity index is 983. The van der Waals surface area contributed by atoms with Gasteiger partial charge in [0.25, 0.3) is 5.91 Å². The second kappa shape index (κ2) is 10.2. The smallest absolute Gasteiger partial charge is 0.425 e. The van der Waals surface area contributed by atoms with Gasteiger partial charge in [-0.05, 0) is 38.3 Å². The number of aromatic nitrogens is 2. The fourth-order valence-corrected chi connectivity index (χ4v) is 3.36. The summed E-state index contributed by atoms with van der Waals surface area (Å²) in [4.78, 5) is 25.8. The number of carbonyl (C=O) groups is 1. The topological polar surface area (TPSA) is 85.7 Å². The summed E-state index contributed by atoms with van der Waals surface area (Å²) in [6, 6.07) is 5.93. The summed E-state index contributed by atoms with van der Waals surface area (Å²) >= 11 is 5.91. The third-order valence-corrected chi connectivity index (χ3v) is 5.18. The predicted octanol–water partition coefficient (Wildman–Crippen LogP) is 4.80. The van der Waals surface area contributed by atoms with Gasteiger partial charge in [0.1, 0.15) is 12.8 Å². The first-order chi connectivity index (χ1) is 15.2. The number of amides is 1. The number of hydrogen-bond acceptors (Lipinski definition) is 6. The summed E-state index contributed by atoms with van der Waals surface area (Å²) in [6.45, 7) is 0.881. The number of nitrogens with one attached hydrogen (secondary N) is 1. The van der Waals surface area contributed by atoms with E-state index >= 15 is 0 Å². The van der Waals surface area contributed by atoms with E-state index in [9.17, 15) is 18.0 Å². The van der Waals surface area contributed by atoms with Gasteiger partial charge >= 0.3 is 6.18 Å². The van der Waals surface area contributed by atoms with Crippen LogP contribution >= 0.6 is 11.6 Å². The molecule has 7 nitrogen and oxygen atoms in total. The van der Waals surface area contributed by atoms with Gasteiger partial charge in [-0.25, -0.2) is 9.97 Å². The molecule has 2 atom stereocenters. The van der Waals surface area contributed by atoms with Crippen LogP contribution in [0.1, 0.15) is 43.2 Å². The normalized spacial score (nSPS) is 18.8. The maximum atomic E-state index is 13.0. The monoisotopic (exact) mass is 470 g/mol. The number of benzene rings is 1. The van der Waals surface area contributed by atoms with Gasteiger partial charge in [-0.2, -0.15) is 13.2 Å². The van der Waals surface area contributed by atoms with Gasteiger partial charge in [0, 0.05) is 10.6 Å². The molecule has 1 fully saturated rings. The number of hydrogen-bond donors (Lipinski definition) is 1. The van der Waals surface area contributed by atoms with Gasteiger partial charge in [0.05, 0.1) is 18.0 Å². The second-order valence-corrected chi connectivity index (χ2v) is 7.69. The first-order valence-corrected chi connectivity index (χ1v) is 10.3. The number of carbonyl (C=O) groups excluding carboxylic acids is 1. The summed E-state index contributed by atoms with van der Waals surface area (Å²) in [5.74, 6) is -0.983. The molecule has 0 radical (unpaired) electrons. The van der Waals surface area contributed by atoms with E-state index in [2.05, 4.69) is 20.4 Å². The van der Waals surface area contributed by atoms with Gasteiger partial charge in [-0.15, -0.1) is 0 Å². The van der Waals surface area contributed by atoms with E-state index in [1.54, 1.807) is 24.3 Å². The van der Waals surface area contributed by atoms with Crippen LogP contribution in [0, 0.1) is 0 Å². The third kappa shape index (κ3) is 5.87. The molecule has 0 aliphatic heterocycles. The number of ether oxygens (including phenoxy) is 1. The minimum atomic E-state index is -4.58. The van der Waals surface area contributed by atoms with Crippen molar-refractivity contribution in [3.05, 3.63) is 41.3 Å². The maximum Gasteiger partial charge on any atom is 0.425 e. The van der Waals surface area contributed by atoms with Crippen LogP contribution in [0.4, 0.5) is 13.2 Å². The molecule has 1 saturated carbocycles. The van der Waals surface area contributed by atoms with Gasteiger partial charge in [0.15, 0.2) is 11.9 Å². The van der Waals surface area contributed by atoms with Crippen molar-refractivity contribution in [3.63, 3.8) is 0 Å². The highest BCUT2D eigenvalue weighted by Gasteiger charge is 2.38. The van der Waals surface area contributed by atoms with E-state index in [4.69, 9.17) is 21.2 Å². The minimum absolute atomic E-state index is 0.0485. The van der Waals surface area contributed by atoms with Crippen LogP contribution in [0.2, 0.25) is 5.02 Å². The molecule has 32 heavy (non-hydrogen) atoms. The third-order valence-electron chi connectivity index (χ3n) is 4.93. The van der Waals surface area contributed by atoms with E-state index in [0.29, 0.717) is 29.1 Å². The van der Waals surface area contributed by atoms with Crippen LogP contribution in [0.15, 0.2) is 35.6 Å². The van der Waals surface area contributed by atoms with Crippen LogP contribution < -0.4 is 10.1 Å². The molecule has 1 amide bonds. The summed E-state index contributed by atoms with van der Waals surface area (Å²) in [5.41, 5.74) is 1.19. The summed E-state index contributed by atoms with van der Waals surface area (Å²) in [7, 11) is 1.43. The lowest BCUT2D eigenvalue weighted by Crippen LogP contribution is -2.43. The first-order valence-electron chi connectivity index (χ1n) is 9.96. The molecular weight excluding hydrogens is 449 g/mol. The molecule has 0 saturated heterocycles. The molecule has 0 spiro atoms. The van der Waals surface area contributed by atoms with Gasteiger partial charge in [-0.3, -0.25) is 4.79 Å². The highest BCUT2D eigenvalue weighted by molar-refractivity contribution is 6.30. The molecule has 172 valence electrons. The van der Waals surface area contributed by atoms with Crippen molar-refractivity contribution in [2.75, 3.05) is 7.11 Å². The highest BCUT2D eigenvalue weighted by atomic mass is 35.5. The Labute approximate surface area is 188 Å². The Morgan fingerprint density at radius 3 is 2.66 bits per heavy atom. The number of alkyl halides is 3. The average Bonchev–Trinajstić information content (AvgIpc) is 2.75. The molecule has 1 heterocycles. The Kier molecular flexibility index (Phi) is 7.55. The average molecular weight is 471 g/mol. The highest BCUT2D eigenvalue weighted by Crippen LogP contribution is 2.32. The molecule has 1 aromatic heterocycles. The van der Waals surface area contributed by atoms with Crippen molar-refractivity contribution in [1.82, 2.24) is 15.3 Å².